The zero-order valence-corrected chi connectivity index (χ0v) is 11.7. The van der Waals surface area contributed by atoms with Crippen LogP contribution in [0, 0.1) is 17.6 Å². The van der Waals surface area contributed by atoms with Crippen LogP contribution in [0.25, 0.3) is 0 Å². The summed E-state index contributed by atoms with van der Waals surface area (Å²) in [5.74, 6) is -1.04. The molecule has 0 amide bonds. The molecule has 2 rings (SSSR count). The average Bonchev–Trinajstić information content (AvgIpc) is 2.81. The van der Waals surface area contributed by atoms with Crippen LogP contribution < -0.4 is 5.32 Å². The van der Waals surface area contributed by atoms with Crippen LogP contribution >= 0.6 is 0 Å². The number of imidazole rings is 1. The molecule has 0 aliphatic carbocycles. The van der Waals surface area contributed by atoms with Gasteiger partial charge in [-0.1, -0.05) is 19.9 Å². The summed E-state index contributed by atoms with van der Waals surface area (Å²) in [6, 6.07) is 3.94. The lowest BCUT2D eigenvalue weighted by Gasteiger charge is -2.05. The predicted octanol–water partition coefficient (Wildman–Crippen LogP) is 2.96. The molecule has 0 spiro atoms. The van der Waals surface area contributed by atoms with Crippen LogP contribution in [0.4, 0.5) is 8.78 Å². The van der Waals surface area contributed by atoms with Crippen molar-refractivity contribution in [2.75, 3.05) is 6.54 Å². The van der Waals surface area contributed by atoms with Gasteiger partial charge in [-0.05, 0) is 30.2 Å². The summed E-state index contributed by atoms with van der Waals surface area (Å²) >= 11 is 0. The van der Waals surface area contributed by atoms with E-state index >= 15 is 0 Å². The first-order valence-corrected chi connectivity index (χ1v) is 6.70. The third-order valence-electron chi connectivity index (χ3n) is 2.89. The highest BCUT2D eigenvalue weighted by Gasteiger charge is 2.04. The van der Waals surface area contributed by atoms with Crippen molar-refractivity contribution in [2.24, 2.45) is 5.92 Å². The molecule has 0 aliphatic rings. The fourth-order valence-electron chi connectivity index (χ4n) is 1.92. The van der Waals surface area contributed by atoms with E-state index in [2.05, 4.69) is 24.1 Å². The Morgan fingerprint density at radius 1 is 1.25 bits per heavy atom. The lowest BCUT2D eigenvalue weighted by molar-refractivity contribution is 0.506. The van der Waals surface area contributed by atoms with E-state index in [0.717, 1.165) is 18.3 Å². The van der Waals surface area contributed by atoms with Crippen LogP contribution in [0.1, 0.15) is 25.1 Å². The Bertz CT molecular complexity index is 564. The summed E-state index contributed by atoms with van der Waals surface area (Å²) in [7, 11) is 0. The molecule has 108 valence electrons. The van der Waals surface area contributed by atoms with Crippen molar-refractivity contribution in [1.29, 1.82) is 0 Å². The number of hydrogen-bond acceptors (Lipinski definition) is 2. The molecule has 0 saturated heterocycles. The van der Waals surface area contributed by atoms with Crippen LogP contribution in [0.5, 0.6) is 0 Å². The van der Waals surface area contributed by atoms with Crippen molar-refractivity contribution in [2.45, 2.75) is 26.9 Å². The number of nitrogens with zero attached hydrogens (tertiary/aromatic N) is 2. The summed E-state index contributed by atoms with van der Waals surface area (Å²) in [5, 5.41) is 3.31. The minimum atomic E-state index is -0.821. The molecular formula is C15H19F2N3. The number of hydrogen-bond donors (Lipinski definition) is 1. The fourth-order valence-corrected chi connectivity index (χ4v) is 1.92. The second-order valence-corrected chi connectivity index (χ2v) is 5.31. The highest BCUT2D eigenvalue weighted by Crippen LogP contribution is 2.10. The Labute approximate surface area is 117 Å². The van der Waals surface area contributed by atoms with Gasteiger partial charge in [-0.3, -0.25) is 0 Å². The fraction of sp³-hybridized carbons (Fsp3) is 0.400. The molecule has 0 saturated carbocycles. The van der Waals surface area contributed by atoms with E-state index in [1.165, 1.54) is 6.07 Å². The van der Waals surface area contributed by atoms with Crippen LogP contribution in [-0.4, -0.2) is 16.1 Å². The van der Waals surface area contributed by atoms with Crippen LogP contribution in [-0.2, 0) is 13.1 Å². The highest BCUT2D eigenvalue weighted by atomic mass is 19.2. The van der Waals surface area contributed by atoms with Gasteiger partial charge in [-0.25, -0.2) is 13.8 Å². The molecule has 5 heteroatoms. The minimum absolute atomic E-state index is 0.481. The standard InChI is InChI=1S/C15H19F2N3/c1-11(2)6-18-7-13-9-20(10-19-13)8-12-3-4-14(16)15(17)5-12/h3-5,9-11,18H,6-8H2,1-2H3. The number of benzene rings is 1. The average molecular weight is 279 g/mol. The van der Waals surface area contributed by atoms with Crippen molar-refractivity contribution in [3.05, 3.63) is 53.6 Å². The van der Waals surface area contributed by atoms with Crippen LogP contribution in [0.15, 0.2) is 30.7 Å². The second kappa shape index (κ2) is 6.61. The summed E-state index contributed by atoms with van der Waals surface area (Å²) in [6.07, 6.45) is 3.61. The summed E-state index contributed by atoms with van der Waals surface area (Å²) in [6.45, 7) is 6.43. The van der Waals surface area contributed by atoms with E-state index < -0.39 is 11.6 Å². The number of nitrogens with one attached hydrogen (secondary N) is 1. The Kier molecular flexibility index (Phi) is 4.84. The first-order valence-electron chi connectivity index (χ1n) is 6.70. The molecule has 20 heavy (non-hydrogen) atoms. The molecule has 1 heterocycles. The molecule has 3 nitrogen and oxygen atoms in total. The van der Waals surface area contributed by atoms with Gasteiger partial charge in [0, 0.05) is 19.3 Å². The van der Waals surface area contributed by atoms with E-state index in [1.54, 1.807) is 12.4 Å². The third kappa shape index (κ3) is 4.13. The molecule has 0 fully saturated rings. The van der Waals surface area contributed by atoms with Gasteiger partial charge in [0.25, 0.3) is 0 Å². The zero-order valence-electron chi connectivity index (χ0n) is 11.7. The molecule has 0 radical (unpaired) electrons. The van der Waals surface area contributed by atoms with E-state index in [9.17, 15) is 8.78 Å². The molecule has 1 aromatic carbocycles. The maximum atomic E-state index is 13.1. The highest BCUT2D eigenvalue weighted by molar-refractivity contribution is 5.18. The summed E-state index contributed by atoms with van der Waals surface area (Å²) in [5.41, 5.74) is 1.65. The Morgan fingerprint density at radius 3 is 2.75 bits per heavy atom. The van der Waals surface area contributed by atoms with E-state index in [-0.39, 0.29) is 0 Å². The van der Waals surface area contributed by atoms with Crippen molar-refractivity contribution in [1.82, 2.24) is 14.9 Å². The molecule has 0 aliphatic heterocycles. The number of aromatic nitrogens is 2. The first kappa shape index (κ1) is 14.7. The largest absolute Gasteiger partial charge is 0.333 e. The van der Waals surface area contributed by atoms with Crippen LogP contribution in [0.2, 0.25) is 0 Å². The van der Waals surface area contributed by atoms with E-state index in [1.807, 2.05) is 10.8 Å². The molecular weight excluding hydrogens is 260 g/mol. The van der Waals surface area contributed by atoms with E-state index in [0.29, 0.717) is 24.6 Å². The Balaban J connectivity index is 1.93. The molecule has 0 unspecified atom stereocenters. The predicted molar refractivity (Wildman–Crippen MR) is 74.2 cm³/mol. The van der Waals surface area contributed by atoms with Gasteiger partial charge in [0.2, 0.25) is 0 Å². The Hall–Kier alpha value is -1.75. The maximum Gasteiger partial charge on any atom is 0.159 e. The summed E-state index contributed by atoms with van der Waals surface area (Å²) < 4.78 is 27.8. The van der Waals surface area contributed by atoms with Crippen molar-refractivity contribution >= 4 is 0 Å². The zero-order chi connectivity index (χ0) is 14.5. The van der Waals surface area contributed by atoms with Gasteiger partial charge in [0.05, 0.1) is 12.0 Å². The van der Waals surface area contributed by atoms with Crippen molar-refractivity contribution in [3.8, 4) is 0 Å². The second-order valence-electron chi connectivity index (χ2n) is 5.31. The lowest BCUT2D eigenvalue weighted by Crippen LogP contribution is -2.19. The molecule has 1 N–H and O–H groups in total. The quantitative estimate of drug-likeness (QED) is 0.881. The normalized spacial score (nSPS) is 11.2. The van der Waals surface area contributed by atoms with Gasteiger partial charge < -0.3 is 9.88 Å². The SMILES string of the molecule is CC(C)CNCc1cn(Cc2ccc(F)c(F)c2)cn1. The minimum Gasteiger partial charge on any atom is -0.333 e. The number of halogens is 2. The van der Waals surface area contributed by atoms with Crippen molar-refractivity contribution in [3.63, 3.8) is 0 Å². The van der Waals surface area contributed by atoms with Gasteiger partial charge >= 0.3 is 0 Å². The maximum absolute atomic E-state index is 13.1. The van der Waals surface area contributed by atoms with Gasteiger partial charge in [-0.15, -0.1) is 0 Å². The molecule has 1 aromatic heterocycles. The molecule has 2 aromatic rings. The number of rotatable bonds is 6. The van der Waals surface area contributed by atoms with Gasteiger partial charge in [-0.2, -0.15) is 0 Å². The third-order valence-corrected chi connectivity index (χ3v) is 2.89. The van der Waals surface area contributed by atoms with Crippen molar-refractivity contribution < 1.29 is 8.78 Å². The van der Waals surface area contributed by atoms with Gasteiger partial charge in [0.1, 0.15) is 0 Å². The van der Waals surface area contributed by atoms with Crippen LogP contribution in [0.3, 0.4) is 0 Å². The monoisotopic (exact) mass is 279 g/mol. The smallest absolute Gasteiger partial charge is 0.159 e. The van der Waals surface area contributed by atoms with Gasteiger partial charge in [0.15, 0.2) is 11.6 Å². The molecule has 0 atom stereocenters. The van der Waals surface area contributed by atoms with E-state index in [4.69, 9.17) is 0 Å². The first-order chi connectivity index (χ1) is 9.54. The summed E-state index contributed by atoms with van der Waals surface area (Å²) in [4.78, 5) is 4.28. The lowest BCUT2D eigenvalue weighted by atomic mass is 10.2. The topological polar surface area (TPSA) is 29.9 Å². The molecule has 0 bridgehead atoms. The Morgan fingerprint density at radius 2 is 2.05 bits per heavy atom.